The number of pyridine rings is 1. The normalized spacial score (nSPS) is 16.3. The van der Waals surface area contributed by atoms with E-state index in [0.29, 0.717) is 18.7 Å². The maximum absolute atomic E-state index is 13.4. The molecular formula is C24H22F6N6O. The summed E-state index contributed by atoms with van der Waals surface area (Å²) >= 11 is 0. The van der Waals surface area contributed by atoms with Crippen molar-refractivity contribution >= 4 is 23.5 Å². The Morgan fingerprint density at radius 3 is 2.41 bits per heavy atom. The summed E-state index contributed by atoms with van der Waals surface area (Å²) in [5, 5.41) is 2.32. The number of halogens is 6. The van der Waals surface area contributed by atoms with Crippen LogP contribution in [0.25, 0.3) is 11.3 Å². The van der Waals surface area contributed by atoms with E-state index in [4.69, 9.17) is 0 Å². The molecule has 7 nitrogen and oxygen atoms in total. The van der Waals surface area contributed by atoms with Gasteiger partial charge in [-0.3, -0.25) is 10.2 Å². The Labute approximate surface area is 208 Å². The number of rotatable bonds is 2. The number of anilines is 3. The Morgan fingerprint density at radius 1 is 1.00 bits per heavy atom. The number of aromatic nitrogens is 3. The Kier molecular flexibility index (Phi) is 6.74. The van der Waals surface area contributed by atoms with E-state index in [2.05, 4.69) is 20.3 Å². The van der Waals surface area contributed by atoms with E-state index < -0.39 is 41.6 Å². The van der Waals surface area contributed by atoms with Crippen LogP contribution in [0.15, 0.2) is 42.5 Å². The summed E-state index contributed by atoms with van der Waals surface area (Å²) in [5.41, 5.74) is -1.14. The zero-order chi connectivity index (χ0) is 27.1. The lowest BCUT2D eigenvalue weighted by atomic mass is 10.1. The van der Waals surface area contributed by atoms with E-state index in [1.807, 2.05) is 4.90 Å². The monoisotopic (exact) mass is 524 g/mol. The van der Waals surface area contributed by atoms with Gasteiger partial charge in [-0.1, -0.05) is 12.1 Å². The molecule has 2 amide bonds. The molecule has 1 aliphatic rings. The highest BCUT2D eigenvalue weighted by Gasteiger charge is 2.35. The van der Waals surface area contributed by atoms with Crippen molar-refractivity contribution in [1.82, 2.24) is 15.0 Å². The van der Waals surface area contributed by atoms with Crippen molar-refractivity contribution in [2.75, 3.05) is 28.7 Å². The minimum atomic E-state index is -4.74. The number of carbonyl (C=O) groups excluding carboxylic acids is 1. The first-order valence-electron chi connectivity index (χ1n) is 11.2. The Morgan fingerprint density at radius 2 is 1.73 bits per heavy atom. The average Bonchev–Trinajstić information content (AvgIpc) is 2.93. The fraction of sp³-hybridized carbons (Fsp3) is 0.333. The van der Waals surface area contributed by atoms with Crippen LogP contribution in [0, 0.1) is 6.92 Å². The summed E-state index contributed by atoms with van der Waals surface area (Å²) in [6, 6.07) is 7.31. The molecule has 1 aromatic carbocycles. The number of fused-ring (bicyclic) bond motifs is 1. The van der Waals surface area contributed by atoms with E-state index in [1.54, 1.807) is 26.1 Å². The molecule has 0 fully saturated rings. The summed E-state index contributed by atoms with van der Waals surface area (Å²) in [6.07, 6.45) is -8.80. The molecule has 0 bridgehead atoms. The maximum atomic E-state index is 13.4. The summed E-state index contributed by atoms with van der Waals surface area (Å²) in [4.78, 5) is 28.3. The Hall–Kier alpha value is -3.90. The van der Waals surface area contributed by atoms with Crippen LogP contribution in [0.4, 0.5) is 48.6 Å². The SMILES string of the molecule is Cc1cc(C(F)(F)F)nc(NC(=O)N2c3nc(-c4cccc(C(F)(F)F)c4)ccc3N(C)CC[C@H]2C)n1. The number of aryl methyl sites for hydroxylation is 1. The Bertz CT molecular complexity index is 1330. The predicted octanol–water partition coefficient (Wildman–Crippen LogP) is 6.15. The largest absolute Gasteiger partial charge is 0.433 e. The van der Waals surface area contributed by atoms with Gasteiger partial charge < -0.3 is 4.90 Å². The van der Waals surface area contributed by atoms with Crippen molar-refractivity contribution in [2.24, 2.45) is 0 Å². The molecule has 0 aliphatic carbocycles. The molecule has 13 heteroatoms. The summed E-state index contributed by atoms with van der Waals surface area (Å²) in [7, 11) is 1.78. The molecular weight excluding hydrogens is 502 g/mol. The summed E-state index contributed by atoms with van der Waals surface area (Å²) < 4.78 is 79.4. The molecule has 1 aliphatic heterocycles. The van der Waals surface area contributed by atoms with Crippen LogP contribution in [0.1, 0.15) is 30.3 Å². The van der Waals surface area contributed by atoms with Gasteiger partial charge in [-0.05, 0) is 50.6 Å². The third kappa shape index (κ3) is 5.59. The lowest BCUT2D eigenvalue weighted by molar-refractivity contribution is -0.141. The second kappa shape index (κ2) is 9.52. The van der Waals surface area contributed by atoms with E-state index in [1.165, 1.54) is 24.0 Å². The quantitative estimate of drug-likeness (QED) is 0.407. The molecule has 3 heterocycles. The van der Waals surface area contributed by atoms with Gasteiger partial charge in [0.2, 0.25) is 5.95 Å². The zero-order valence-electron chi connectivity index (χ0n) is 19.9. The molecule has 37 heavy (non-hydrogen) atoms. The highest BCUT2D eigenvalue weighted by atomic mass is 19.4. The highest BCUT2D eigenvalue weighted by molar-refractivity contribution is 6.03. The number of hydrogen-bond acceptors (Lipinski definition) is 5. The number of hydrogen-bond donors (Lipinski definition) is 1. The van der Waals surface area contributed by atoms with E-state index >= 15 is 0 Å². The van der Waals surface area contributed by atoms with Gasteiger partial charge in [0.15, 0.2) is 5.82 Å². The lowest BCUT2D eigenvalue weighted by Crippen LogP contribution is -2.42. The third-order valence-electron chi connectivity index (χ3n) is 5.88. The standard InChI is InChI=1S/C24H22F6N6O/c1-13-11-19(24(28,29)30)33-21(31-13)34-22(37)36-14(2)9-10-35(3)18-8-7-17(32-20(18)36)15-5-4-6-16(12-15)23(25,26)27/h4-8,11-12,14H,9-10H2,1-3H3,(H,31,33,34,37)/t14-/m1/s1. The van der Waals surface area contributed by atoms with Gasteiger partial charge in [0.25, 0.3) is 0 Å². The second-order valence-corrected chi connectivity index (χ2v) is 8.69. The Balaban J connectivity index is 1.75. The van der Waals surface area contributed by atoms with Gasteiger partial charge in [-0.25, -0.2) is 19.7 Å². The van der Waals surface area contributed by atoms with Crippen LogP contribution in [0.2, 0.25) is 0 Å². The predicted molar refractivity (Wildman–Crippen MR) is 125 cm³/mol. The second-order valence-electron chi connectivity index (χ2n) is 8.69. The van der Waals surface area contributed by atoms with Crippen molar-refractivity contribution in [3.8, 4) is 11.3 Å². The zero-order valence-corrected chi connectivity index (χ0v) is 19.9. The molecule has 0 saturated carbocycles. The molecule has 3 aromatic rings. The first-order valence-corrected chi connectivity index (χ1v) is 11.2. The number of carbonyl (C=O) groups is 1. The van der Waals surface area contributed by atoms with E-state index in [-0.39, 0.29) is 22.8 Å². The van der Waals surface area contributed by atoms with Crippen molar-refractivity contribution in [3.63, 3.8) is 0 Å². The molecule has 0 spiro atoms. The summed E-state index contributed by atoms with van der Waals surface area (Å²) in [5.74, 6) is -0.388. The van der Waals surface area contributed by atoms with Crippen molar-refractivity contribution in [1.29, 1.82) is 0 Å². The number of nitrogens with one attached hydrogen (secondary N) is 1. The van der Waals surface area contributed by atoms with Gasteiger partial charge in [0.05, 0.1) is 16.9 Å². The number of alkyl halides is 6. The van der Waals surface area contributed by atoms with Crippen LogP contribution in [0.5, 0.6) is 0 Å². The minimum absolute atomic E-state index is 0.00614. The highest BCUT2D eigenvalue weighted by Crippen LogP contribution is 2.37. The number of benzene rings is 1. The van der Waals surface area contributed by atoms with E-state index in [9.17, 15) is 31.1 Å². The number of urea groups is 1. The molecule has 4 rings (SSSR count). The minimum Gasteiger partial charge on any atom is -0.372 e. The first kappa shape index (κ1) is 26.2. The molecule has 0 unspecified atom stereocenters. The van der Waals surface area contributed by atoms with Crippen LogP contribution in [-0.2, 0) is 12.4 Å². The van der Waals surface area contributed by atoms with E-state index in [0.717, 1.165) is 18.2 Å². The van der Waals surface area contributed by atoms with Gasteiger partial charge in [0, 0.05) is 30.9 Å². The van der Waals surface area contributed by atoms with Crippen molar-refractivity contribution in [3.05, 3.63) is 59.4 Å². The number of nitrogens with zero attached hydrogens (tertiary/aromatic N) is 5. The molecule has 2 aromatic heterocycles. The van der Waals surface area contributed by atoms with Crippen LogP contribution >= 0.6 is 0 Å². The van der Waals surface area contributed by atoms with Gasteiger partial charge in [-0.15, -0.1) is 0 Å². The van der Waals surface area contributed by atoms with Gasteiger partial charge in [0.1, 0.15) is 5.69 Å². The fourth-order valence-corrected chi connectivity index (χ4v) is 3.99. The molecule has 0 radical (unpaired) electrons. The number of amides is 2. The van der Waals surface area contributed by atoms with Crippen LogP contribution < -0.4 is 15.1 Å². The van der Waals surface area contributed by atoms with Crippen molar-refractivity contribution in [2.45, 2.75) is 38.7 Å². The third-order valence-corrected chi connectivity index (χ3v) is 5.88. The molecule has 1 N–H and O–H groups in total. The molecule has 1 atom stereocenters. The van der Waals surface area contributed by atoms with Crippen molar-refractivity contribution < 1.29 is 31.1 Å². The summed E-state index contributed by atoms with van der Waals surface area (Å²) in [6.45, 7) is 3.61. The topological polar surface area (TPSA) is 74.2 Å². The fourth-order valence-electron chi connectivity index (χ4n) is 3.99. The molecule has 0 saturated heterocycles. The lowest BCUT2D eigenvalue weighted by Gasteiger charge is -2.27. The first-order chi connectivity index (χ1) is 17.2. The van der Waals surface area contributed by atoms with Gasteiger partial charge in [-0.2, -0.15) is 26.3 Å². The van der Waals surface area contributed by atoms with Crippen LogP contribution in [-0.4, -0.2) is 40.6 Å². The average molecular weight is 524 g/mol. The maximum Gasteiger partial charge on any atom is 0.433 e. The van der Waals surface area contributed by atoms with Gasteiger partial charge >= 0.3 is 18.4 Å². The smallest absolute Gasteiger partial charge is 0.372 e. The van der Waals surface area contributed by atoms with Crippen LogP contribution in [0.3, 0.4) is 0 Å². The molecule has 196 valence electrons.